The topological polar surface area (TPSA) is 72.5 Å². The Hall–Kier alpha value is -1.47. The third-order valence-electron chi connectivity index (χ3n) is 2.86. The smallest absolute Gasteiger partial charge is 0.262 e. The second kappa shape index (κ2) is 7.61. The van der Waals surface area contributed by atoms with Crippen LogP contribution < -0.4 is 10.1 Å². The lowest BCUT2D eigenvalue weighted by Gasteiger charge is -2.11. The highest BCUT2D eigenvalue weighted by Gasteiger charge is 2.13. The molecule has 0 spiro atoms. The van der Waals surface area contributed by atoms with Gasteiger partial charge in [-0.15, -0.1) is 0 Å². The number of halogens is 3. The van der Waals surface area contributed by atoms with E-state index in [-0.39, 0.29) is 27.3 Å². The zero-order chi connectivity index (χ0) is 17.9. The van der Waals surface area contributed by atoms with E-state index < -0.39 is 15.7 Å². The summed E-state index contributed by atoms with van der Waals surface area (Å²) < 4.78 is 28.3. The average Bonchev–Trinajstić information content (AvgIpc) is 2.45. The molecule has 0 aliphatic rings. The first-order valence-corrected chi connectivity index (χ1v) is 9.56. The van der Waals surface area contributed by atoms with E-state index in [0.717, 1.165) is 6.26 Å². The van der Waals surface area contributed by atoms with E-state index in [9.17, 15) is 13.2 Å². The van der Waals surface area contributed by atoms with Crippen LogP contribution in [0.2, 0.25) is 15.1 Å². The van der Waals surface area contributed by atoms with Crippen LogP contribution in [0.5, 0.6) is 5.75 Å². The van der Waals surface area contributed by atoms with Gasteiger partial charge in [-0.3, -0.25) is 4.79 Å². The lowest BCUT2D eigenvalue weighted by atomic mass is 10.3. The van der Waals surface area contributed by atoms with E-state index in [2.05, 4.69) is 5.32 Å². The van der Waals surface area contributed by atoms with Crippen LogP contribution in [0.15, 0.2) is 41.3 Å². The number of hydrogen-bond donors (Lipinski definition) is 1. The number of anilines is 1. The molecule has 0 aromatic heterocycles. The molecule has 0 saturated carbocycles. The molecule has 24 heavy (non-hydrogen) atoms. The average molecular weight is 409 g/mol. The van der Waals surface area contributed by atoms with Crippen LogP contribution in [0.3, 0.4) is 0 Å². The molecule has 1 amide bonds. The second-order valence-electron chi connectivity index (χ2n) is 4.84. The number of benzene rings is 2. The number of amides is 1. The van der Waals surface area contributed by atoms with E-state index in [1.165, 1.54) is 30.3 Å². The number of hydrogen-bond acceptors (Lipinski definition) is 4. The molecule has 2 aromatic rings. The van der Waals surface area contributed by atoms with Crippen LogP contribution in [0.25, 0.3) is 0 Å². The normalized spacial score (nSPS) is 11.2. The molecule has 0 aliphatic heterocycles. The fourth-order valence-corrected chi connectivity index (χ4v) is 3.40. The van der Waals surface area contributed by atoms with Gasteiger partial charge in [-0.05, 0) is 30.3 Å². The molecule has 0 aliphatic carbocycles. The Balaban J connectivity index is 2.05. The van der Waals surface area contributed by atoms with Crippen molar-refractivity contribution in [2.45, 2.75) is 4.90 Å². The number of nitrogens with one attached hydrogen (secondary N) is 1. The summed E-state index contributed by atoms with van der Waals surface area (Å²) in [5.41, 5.74) is 0.333. The van der Waals surface area contributed by atoms with Crippen LogP contribution >= 0.6 is 34.8 Å². The van der Waals surface area contributed by atoms with Gasteiger partial charge < -0.3 is 10.1 Å². The number of carbonyl (C=O) groups excluding carboxylic acids is 1. The molecule has 0 radical (unpaired) electrons. The molecule has 0 heterocycles. The molecule has 0 unspecified atom stereocenters. The first-order valence-electron chi connectivity index (χ1n) is 6.54. The largest absolute Gasteiger partial charge is 0.481 e. The quantitative estimate of drug-likeness (QED) is 0.809. The Labute approximate surface area is 154 Å². The van der Waals surface area contributed by atoms with Crippen molar-refractivity contribution in [3.05, 3.63) is 51.5 Å². The zero-order valence-corrected chi connectivity index (χ0v) is 15.4. The Morgan fingerprint density at radius 2 is 1.75 bits per heavy atom. The maximum absolute atomic E-state index is 11.9. The molecule has 0 bridgehead atoms. The number of sulfone groups is 1. The van der Waals surface area contributed by atoms with E-state index in [1.807, 2.05) is 0 Å². The van der Waals surface area contributed by atoms with E-state index in [1.54, 1.807) is 6.07 Å². The second-order valence-corrected chi connectivity index (χ2v) is 8.10. The molecule has 0 saturated heterocycles. The molecular formula is C15H12Cl3NO4S. The number of ether oxygens (including phenoxy) is 1. The van der Waals surface area contributed by atoms with Crippen LogP contribution in [0.1, 0.15) is 0 Å². The van der Waals surface area contributed by atoms with Crippen LogP contribution in [-0.4, -0.2) is 27.2 Å². The molecule has 2 aromatic carbocycles. The Morgan fingerprint density at radius 3 is 2.33 bits per heavy atom. The molecule has 1 N–H and O–H groups in total. The van der Waals surface area contributed by atoms with Crippen molar-refractivity contribution >= 4 is 56.2 Å². The van der Waals surface area contributed by atoms with Gasteiger partial charge in [0.15, 0.2) is 22.2 Å². The third kappa shape index (κ3) is 5.01. The predicted molar refractivity (Wildman–Crippen MR) is 95.1 cm³/mol. The van der Waals surface area contributed by atoms with Gasteiger partial charge in [-0.2, -0.15) is 0 Å². The van der Waals surface area contributed by atoms with Crippen molar-refractivity contribution in [3.8, 4) is 5.75 Å². The molecule has 9 heteroatoms. The molecule has 5 nitrogen and oxygen atoms in total. The lowest BCUT2D eigenvalue weighted by molar-refractivity contribution is -0.118. The molecule has 128 valence electrons. The van der Waals surface area contributed by atoms with Gasteiger partial charge in [0.1, 0.15) is 0 Å². The Kier molecular flexibility index (Phi) is 5.98. The highest BCUT2D eigenvalue weighted by Crippen LogP contribution is 2.35. The fraction of sp³-hybridized carbons (Fsp3) is 0.133. The van der Waals surface area contributed by atoms with Gasteiger partial charge >= 0.3 is 0 Å². The summed E-state index contributed by atoms with van der Waals surface area (Å²) >= 11 is 17.7. The summed E-state index contributed by atoms with van der Waals surface area (Å²) in [6.45, 7) is -0.357. The minimum absolute atomic E-state index is 0.102. The summed E-state index contributed by atoms with van der Waals surface area (Å²) in [6, 6.07) is 8.77. The summed E-state index contributed by atoms with van der Waals surface area (Å²) in [7, 11) is -3.36. The highest BCUT2D eigenvalue weighted by atomic mass is 35.5. The van der Waals surface area contributed by atoms with Gasteiger partial charge in [-0.25, -0.2) is 8.42 Å². The predicted octanol–water partition coefficient (Wildman–Crippen LogP) is 4.07. The SMILES string of the molecule is CS(=O)(=O)c1cccc(NC(=O)COc2c(Cl)cc(Cl)cc2Cl)c1. The fourth-order valence-electron chi connectivity index (χ4n) is 1.81. The summed E-state index contributed by atoms with van der Waals surface area (Å²) in [6.07, 6.45) is 1.08. The number of carbonyl (C=O) groups is 1. The summed E-state index contributed by atoms with van der Waals surface area (Å²) in [4.78, 5) is 12.0. The number of rotatable bonds is 5. The van der Waals surface area contributed by atoms with Gasteiger partial charge in [-0.1, -0.05) is 40.9 Å². The summed E-state index contributed by atoms with van der Waals surface area (Å²) in [5, 5.41) is 3.24. The molecule has 0 fully saturated rings. The maximum atomic E-state index is 11.9. The van der Waals surface area contributed by atoms with Gasteiger partial charge in [0, 0.05) is 17.0 Å². The Bertz CT molecular complexity index is 861. The van der Waals surface area contributed by atoms with Gasteiger partial charge in [0.05, 0.1) is 14.9 Å². The van der Waals surface area contributed by atoms with E-state index in [4.69, 9.17) is 39.5 Å². The standard InChI is InChI=1S/C15H12Cl3NO4S/c1-24(21,22)11-4-2-3-10(7-11)19-14(20)8-23-15-12(17)5-9(16)6-13(15)18/h2-7H,8H2,1H3,(H,19,20). The summed E-state index contributed by atoms with van der Waals surface area (Å²) in [5.74, 6) is -0.356. The minimum atomic E-state index is -3.36. The van der Waals surface area contributed by atoms with Crippen molar-refractivity contribution in [2.24, 2.45) is 0 Å². The van der Waals surface area contributed by atoms with Crippen molar-refractivity contribution in [2.75, 3.05) is 18.2 Å². The van der Waals surface area contributed by atoms with Crippen LogP contribution in [-0.2, 0) is 14.6 Å². The maximum Gasteiger partial charge on any atom is 0.262 e. The Morgan fingerprint density at radius 1 is 1.12 bits per heavy atom. The third-order valence-corrected chi connectivity index (χ3v) is 4.75. The highest BCUT2D eigenvalue weighted by molar-refractivity contribution is 7.90. The first kappa shape index (κ1) is 18.9. The zero-order valence-electron chi connectivity index (χ0n) is 12.3. The minimum Gasteiger partial charge on any atom is -0.481 e. The van der Waals surface area contributed by atoms with Crippen molar-refractivity contribution < 1.29 is 17.9 Å². The van der Waals surface area contributed by atoms with E-state index >= 15 is 0 Å². The van der Waals surface area contributed by atoms with Crippen LogP contribution in [0, 0.1) is 0 Å². The van der Waals surface area contributed by atoms with Crippen molar-refractivity contribution in [1.82, 2.24) is 0 Å². The van der Waals surface area contributed by atoms with Gasteiger partial charge in [0.25, 0.3) is 5.91 Å². The lowest BCUT2D eigenvalue weighted by Crippen LogP contribution is -2.20. The first-order chi connectivity index (χ1) is 11.2. The molecular weight excluding hydrogens is 397 g/mol. The molecule has 0 atom stereocenters. The van der Waals surface area contributed by atoms with Crippen LogP contribution in [0.4, 0.5) is 5.69 Å². The monoisotopic (exact) mass is 407 g/mol. The van der Waals surface area contributed by atoms with Crippen molar-refractivity contribution in [3.63, 3.8) is 0 Å². The van der Waals surface area contributed by atoms with Gasteiger partial charge in [0.2, 0.25) is 0 Å². The molecule has 2 rings (SSSR count). The van der Waals surface area contributed by atoms with Crippen molar-refractivity contribution in [1.29, 1.82) is 0 Å². The van der Waals surface area contributed by atoms with E-state index in [0.29, 0.717) is 10.7 Å².